The van der Waals surface area contributed by atoms with E-state index in [1.807, 2.05) is 6.07 Å². The van der Waals surface area contributed by atoms with Crippen LogP contribution in [0.4, 0.5) is 0 Å². The summed E-state index contributed by atoms with van der Waals surface area (Å²) in [6.07, 6.45) is 0. The number of rotatable bonds is 8. The SMILES string of the molecule is CCN(CC)CCOC(=O)c1cc2cc(Br)c(OC)c(OC)c2o1. The van der Waals surface area contributed by atoms with Crippen LogP contribution in [-0.4, -0.2) is 51.3 Å². The Balaban J connectivity index is 2.19. The number of esters is 1. The molecule has 0 N–H and O–H groups in total. The molecule has 0 atom stereocenters. The monoisotopic (exact) mass is 399 g/mol. The Hall–Kier alpha value is -1.73. The molecule has 0 radical (unpaired) electrons. The minimum absolute atomic E-state index is 0.142. The van der Waals surface area contributed by atoms with Gasteiger partial charge in [-0.1, -0.05) is 13.8 Å². The van der Waals surface area contributed by atoms with E-state index >= 15 is 0 Å². The first-order valence-electron chi connectivity index (χ1n) is 7.79. The molecule has 2 rings (SSSR count). The molecule has 1 aromatic heterocycles. The third-order valence-corrected chi connectivity index (χ3v) is 4.41. The van der Waals surface area contributed by atoms with Gasteiger partial charge in [0.15, 0.2) is 11.3 Å². The van der Waals surface area contributed by atoms with Crippen LogP contribution in [0.2, 0.25) is 0 Å². The van der Waals surface area contributed by atoms with Gasteiger partial charge in [-0.15, -0.1) is 0 Å². The number of hydrogen-bond donors (Lipinski definition) is 0. The number of nitrogens with zero attached hydrogens (tertiary/aromatic N) is 1. The van der Waals surface area contributed by atoms with Crippen LogP contribution in [0.25, 0.3) is 11.0 Å². The molecule has 0 aliphatic heterocycles. The first-order chi connectivity index (χ1) is 11.5. The van der Waals surface area contributed by atoms with Crippen LogP contribution >= 0.6 is 15.9 Å². The fourth-order valence-corrected chi connectivity index (χ4v) is 3.05. The number of halogens is 1. The fourth-order valence-electron chi connectivity index (χ4n) is 2.46. The topological polar surface area (TPSA) is 61.1 Å². The molecule has 2 aromatic rings. The van der Waals surface area contributed by atoms with Gasteiger partial charge in [-0.2, -0.15) is 0 Å². The van der Waals surface area contributed by atoms with Crippen molar-refractivity contribution in [2.45, 2.75) is 13.8 Å². The zero-order valence-electron chi connectivity index (χ0n) is 14.3. The van der Waals surface area contributed by atoms with Gasteiger partial charge in [0.2, 0.25) is 11.5 Å². The quantitative estimate of drug-likeness (QED) is 0.630. The van der Waals surface area contributed by atoms with Crippen molar-refractivity contribution >= 4 is 32.9 Å². The summed E-state index contributed by atoms with van der Waals surface area (Å²) < 4.78 is 22.3. The van der Waals surface area contributed by atoms with Gasteiger partial charge < -0.3 is 23.5 Å². The summed E-state index contributed by atoms with van der Waals surface area (Å²) >= 11 is 3.42. The van der Waals surface area contributed by atoms with Gasteiger partial charge in [0.1, 0.15) is 6.61 Å². The maximum atomic E-state index is 12.2. The number of carbonyl (C=O) groups excluding carboxylic acids is 1. The lowest BCUT2D eigenvalue weighted by molar-refractivity contribution is 0.0433. The lowest BCUT2D eigenvalue weighted by atomic mass is 10.2. The second-order valence-corrected chi connectivity index (χ2v) is 5.97. The summed E-state index contributed by atoms with van der Waals surface area (Å²) in [4.78, 5) is 14.4. The van der Waals surface area contributed by atoms with Crippen molar-refractivity contribution in [3.8, 4) is 11.5 Å². The van der Waals surface area contributed by atoms with E-state index in [0.29, 0.717) is 30.2 Å². The van der Waals surface area contributed by atoms with Crippen LogP contribution in [0, 0.1) is 0 Å². The third kappa shape index (κ3) is 3.84. The van der Waals surface area contributed by atoms with Gasteiger partial charge >= 0.3 is 5.97 Å². The largest absolute Gasteiger partial charge is 0.492 e. The molecule has 0 aliphatic carbocycles. The number of carbonyl (C=O) groups is 1. The number of ether oxygens (including phenoxy) is 3. The van der Waals surface area contributed by atoms with Gasteiger partial charge in [-0.3, -0.25) is 0 Å². The van der Waals surface area contributed by atoms with E-state index in [9.17, 15) is 4.79 Å². The predicted octanol–water partition coefficient (Wildman–Crippen LogP) is 3.71. The molecule has 0 saturated carbocycles. The van der Waals surface area contributed by atoms with Gasteiger partial charge in [0.25, 0.3) is 0 Å². The zero-order chi connectivity index (χ0) is 17.7. The van der Waals surface area contributed by atoms with Crippen molar-refractivity contribution in [3.05, 3.63) is 22.4 Å². The minimum atomic E-state index is -0.490. The molecular weight excluding hydrogens is 378 g/mol. The van der Waals surface area contributed by atoms with E-state index in [4.69, 9.17) is 18.6 Å². The summed E-state index contributed by atoms with van der Waals surface area (Å²) in [5.74, 6) is 0.600. The molecule has 24 heavy (non-hydrogen) atoms. The Labute approximate surface area is 149 Å². The van der Waals surface area contributed by atoms with Crippen LogP contribution in [0.1, 0.15) is 24.4 Å². The highest BCUT2D eigenvalue weighted by Gasteiger charge is 2.21. The molecule has 1 aromatic carbocycles. The zero-order valence-corrected chi connectivity index (χ0v) is 15.9. The summed E-state index contributed by atoms with van der Waals surface area (Å²) in [6.45, 7) is 7.00. The highest BCUT2D eigenvalue weighted by Crippen LogP contribution is 2.42. The van der Waals surface area contributed by atoms with Crippen molar-refractivity contribution in [1.82, 2.24) is 4.90 Å². The standard InChI is InChI=1S/C17H22BrNO5/c1-5-19(6-2)7-8-23-17(20)13-10-11-9-12(18)15(21-3)16(22-4)14(11)24-13/h9-10H,5-8H2,1-4H3. The van der Waals surface area contributed by atoms with E-state index in [1.54, 1.807) is 13.2 Å². The van der Waals surface area contributed by atoms with Gasteiger partial charge in [-0.25, -0.2) is 4.79 Å². The Bertz CT molecular complexity index is 709. The summed E-state index contributed by atoms with van der Waals surface area (Å²) in [6, 6.07) is 3.45. The molecule has 0 saturated heterocycles. The molecule has 0 unspecified atom stereocenters. The van der Waals surface area contributed by atoms with Crippen molar-refractivity contribution in [2.24, 2.45) is 0 Å². The maximum Gasteiger partial charge on any atom is 0.374 e. The molecule has 132 valence electrons. The normalized spacial score (nSPS) is 11.1. The van der Waals surface area contributed by atoms with E-state index in [0.717, 1.165) is 22.9 Å². The van der Waals surface area contributed by atoms with E-state index in [-0.39, 0.29) is 5.76 Å². The number of hydrogen-bond acceptors (Lipinski definition) is 6. The Kier molecular flexibility index (Phi) is 6.51. The molecule has 7 heteroatoms. The highest BCUT2D eigenvalue weighted by molar-refractivity contribution is 9.10. The maximum absolute atomic E-state index is 12.2. The van der Waals surface area contributed by atoms with Gasteiger partial charge in [-0.05, 0) is 41.2 Å². The summed E-state index contributed by atoms with van der Waals surface area (Å²) in [7, 11) is 3.06. The van der Waals surface area contributed by atoms with Crippen LogP contribution in [-0.2, 0) is 4.74 Å². The number of methoxy groups -OCH3 is 2. The molecule has 0 bridgehead atoms. The molecule has 6 nitrogen and oxygen atoms in total. The highest BCUT2D eigenvalue weighted by atomic mass is 79.9. The summed E-state index contributed by atoms with van der Waals surface area (Å²) in [5, 5.41) is 0.732. The van der Waals surface area contributed by atoms with Crippen LogP contribution in [0.5, 0.6) is 11.5 Å². The van der Waals surface area contributed by atoms with Crippen molar-refractivity contribution < 1.29 is 23.4 Å². The molecule has 0 amide bonds. The van der Waals surface area contributed by atoms with Crippen molar-refractivity contribution in [1.29, 1.82) is 0 Å². The first-order valence-corrected chi connectivity index (χ1v) is 8.58. The Morgan fingerprint density at radius 3 is 2.42 bits per heavy atom. The van der Waals surface area contributed by atoms with E-state index in [2.05, 4.69) is 34.7 Å². The number of fused-ring (bicyclic) bond motifs is 1. The van der Waals surface area contributed by atoms with Crippen LogP contribution < -0.4 is 9.47 Å². The van der Waals surface area contributed by atoms with Crippen LogP contribution in [0.3, 0.4) is 0 Å². The fraction of sp³-hybridized carbons (Fsp3) is 0.471. The molecule has 0 aliphatic rings. The molecule has 1 heterocycles. The molecular formula is C17H22BrNO5. The van der Waals surface area contributed by atoms with Crippen molar-refractivity contribution in [3.63, 3.8) is 0 Å². The smallest absolute Gasteiger partial charge is 0.374 e. The summed E-state index contributed by atoms with van der Waals surface area (Å²) in [5.41, 5.74) is 0.452. The van der Waals surface area contributed by atoms with Gasteiger partial charge in [0, 0.05) is 11.9 Å². The minimum Gasteiger partial charge on any atom is -0.492 e. The third-order valence-electron chi connectivity index (χ3n) is 3.82. The second kappa shape index (κ2) is 8.39. The average molecular weight is 400 g/mol. The Morgan fingerprint density at radius 1 is 1.17 bits per heavy atom. The molecule has 0 spiro atoms. The second-order valence-electron chi connectivity index (χ2n) is 5.12. The van der Waals surface area contributed by atoms with E-state index < -0.39 is 5.97 Å². The lowest BCUT2D eigenvalue weighted by Crippen LogP contribution is -2.27. The average Bonchev–Trinajstić information content (AvgIpc) is 3.00. The van der Waals surface area contributed by atoms with Gasteiger partial charge in [0.05, 0.1) is 18.7 Å². The van der Waals surface area contributed by atoms with Crippen LogP contribution in [0.15, 0.2) is 21.0 Å². The predicted molar refractivity (Wildman–Crippen MR) is 95.1 cm³/mol. The number of furan rings is 1. The Morgan fingerprint density at radius 2 is 1.83 bits per heavy atom. The van der Waals surface area contributed by atoms with Crippen molar-refractivity contribution in [2.75, 3.05) is 40.5 Å². The van der Waals surface area contributed by atoms with E-state index in [1.165, 1.54) is 7.11 Å². The number of likely N-dealkylation sites (N-methyl/N-ethyl adjacent to an activating group) is 1. The lowest BCUT2D eigenvalue weighted by Gasteiger charge is -2.17. The number of benzene rings is 1. The molecule has 0 fully saturated rings. The first kappa shape index (κ1) is 18.6.